The largest absolute Gasteiger partial charge is 0.467 e. The summed E-state index contributed by atoms with van der Waals surface area (Å²) < 4.78 is 4.47. The molecule has 6 nitrogen and oxygen atoms in total. The monoisotopic (exact) mass is 156 g/mol. The number of nitrogens with zero attached hydrogens (tertiary/aromatic N) is 4. The molecule has 0 saturated carbocycles. The molecule has 0 N–H and O–H groups in total. The van der Waals surface area contributed by atoms with E-state index in [4.69, 9.17) is 0 Å². The van der Waals surface area contributed by atoms with Crippen molar-refractivity contribution in [1.29, 1.82) is 0 Å². The molecule has 1 aromatic rings. The highest BCUT2D eigenvalue weighted by molar-refractivity contribution is 5.73. The van der Waals surface area contributed by atoms with E-state index in [9.17, 15) is 4.79 Å². The van der Waals surface area contributed by atoms with E-state index in [-0.39, 0.29) is 5.97 Å². The third-order valence-corrected chi connectivity index (χ3v) is 1.25. The molecule has 0 radical (unpaired) electrons. The molecular formula is C5H8N4O2. The quantitative estimate of drug-likeness (QED) is 0.535. The van der Waals surface area contributed by atoms with Crippen molar-refractivity contribution in [2.45, 2.75) is 13.0 Å². The Morgan fingerprint density at radius 3 is 2.91 bits per heavy atom. The van der Waals surface area contributed by atoms with Gasteiger partial charge in [0, 0.05) is 0 Å². The zero-order chi connectivity index (χ0) is 8.27. The molecule has 0 fully saturated rings. The van der Waals surface area contributed by atoms with Gasteiger partial charge in [-0.15, -0.1) is 10.2 Å². The maximum atomic E-state index is 10.9. The molecule has 1 heterocycles. The molecule has 1 aromatic heterocycles. The Labute approximate surface area is 63.1 Å². The molecule has 0 aromatic carbocycles. The Hall–Kier alpha value is -1.46. The fourth-order valence-corrected chi connectivity index (χ4v) is 0.617. The van der Waals surface area contributed by atoms with Gasteiger partial charge in [0.1, 0.15) is 0 Å². The van der Waals surface area contributed by atoms with Gasteiger partial charge in [-0.2, -0.15) is 4.80 Å². The number of esters is 1. The van der Waals surface area contributed by atoms with E-state index in [2.05, 4.69) is 20.1 Å². The molecule has 0 bridgehead atoms. The van der Waals surface area contributed by atoms with Gasteiger partial charge in [0.15, 0.2) is 12.4 Å². The van der Waals surface area contributed by atoms with Crippen LogP contribution < -0.4 is 0 Å². The molecule has 0 amide bonds. The highest BCUT2D eigenvalue weighted by atomic mass is 16.5. The van der Waals surface area contributed by atoms with Crippen LogP contribution in [0.1, 0.15) is 13.0 Å². The fraction of sp³-hybridized carbons (Fsp3) is 0.600. The second kappa shape index (κ2) is 3.09. The number of rotatable bonds is 2. The smallest absolute Gasteiger partial charge is 0.332 e. The van der Waals surface area contributed by atoms with Gasteiger partial charge in [-0.1, -0.05) is 0 Å². The van der Waals surface area contributed by atoms with E-state index in [0.717, 1.165) is 0 Å². The minimum atomic E-state index is -0.512. The molecule has 1 unspecified atom stereocenters. The van der Waals surface area contributed by atoms with Crippen molar-refractivity contribution in [3.63, 3.8) is 0 Å². The first kappa shape index (κ1) is 7.64. The number of carbonyl (C=O) groups is 1. The van der Waals surface area contributed by atoms with Crippen molar-refractivity contribution in [3.05, 3.63) is 6.33 Å². The normalized spacial score (nSPS) is 12.5. The first-order valence-electron chi connectivity index (χ1n) is 3.06. The third kappa shape index (κ3) is 1.51. The Morgan fingerprint density at radius 1 is 1.73 bits per heavy atom. The van der Waals surface area contributed by atoms with Crippen LogP contribution >= 0.6 is 0 Å². The van der Waals surface area contributed by atoms with E-state index in [1.807, 2.05) is 0 Å². The number of methoxy groups -OCH3 is 1. The molecule has 1 rings (SSSR count). The average molecular weight is 156 g/mol. The molecule has 11 heavy (non-hydrogen) atoms. The molecule has 0 aliphatic heterocycles. The number of tetrazole rings is 1. The van der Waals surface area contributed by atoms with Crippen LogP contribution in [0, 0.1) is 0 Å². The Kier molecular flexibility index (Phi) is 2.15. The van der Waals surface area contributed by atoms with Gasteiger partial charge in [0.05, 0.1) is 7.11 Å². The van der Waals surface area contributed by atoms with E-state index in [1.165, 1.54) is 18.2 Å². The minimum absolute atomic E-state index is 0.386. The van der Waals surface area contributed by atoms with Crippen LogP contribution in [0.4, 0.5) is 0 Å². The first-order valence-corrected chi connectivity index (χ1v) is 3.06. The van der Waals surface area contributed by atoms with E-state index < -0.39 is 6.04 Å². The molecule has 0 aliphatic carbocycles. The lowest BCUT2D eigenvalue weighted by atomic mass is 10.4. The Balaban J connectivity index is 2.70. The van der Waals surface area contributed by atoms with Crippen LogP contribution in [0.2, 0.25) is 0 Å². The molecule has 1 atom stereocenters. The van der Waals surface area contributed by atoms with Crippen LogP contribution in [0.25, 0.3) is 0 Å². The number of hydrogen-bond acceptors (Lipinski definition) is 5. The second-order valence-electron chi connectivity index (χ2n) is 1.96. The van der Waals surface area contributed by atoms with Gasteiger partial charge < -0.3 is 4.74 Å². The van der Waals surface area contributed by atoms with E-state index in [1.54, 1.807) is 6.92 Å². The zero-order valence-corrected chi connectivity index (χ0v) is 6.26. The summed E-state index contributed by atoms with van der Waals surface area (Å²) in [5, 5.41) is 10.7. The van der Waals surface area contributed by atoms with Crippen molar-refractivity contribution >= 4 is 5.97 Å². The third-order valence-electron chi connectivity index (χ3n) is 1.25. The molecular weight excluding hydrogens is 148 g/mol. The van der Waals surface area contributed by atoms with Gasteiger partial charge >= 0.3 is 5.97 Å². The second-order valence-corrected chi connectivity index (χ2v) is 1.96. The van der Waals surface area contributed by atoms with Crippen molar-refractivity contribution in [3.8, 4) is 0 Å². The summed E-state index contributed by atoms with van der Waals surface area (Å²) in [4.78, 5) is 12.0. The zero-order valence-electron chi connectivity index (χ0n) is 6.26. The summed E-state index contributed by atoms with van der Waals surface area (Å²) in [6, 6.07) is -0.512. The molecule has 0 saturated heterocycles. The Morgan fingerprint density at radius 2 is 2.45 bits per heavy atom. The van der Waals surface area contributed by atoms with Crippen LogP contribution in [0.15, 0.2) is 6.33 Å². The number of ether oxygens (including phenoxy) is 1. The Bertz CT molecular complexity index is 233. The highest BCUT2D eigenvalue weighted by Gasteiger charge is 2.16. The number of carbonyl (C=O) groups excluding carboxylic acids is 1. The topological polar surface area (TPSA) is 69.9 Å². The lowest BCUT2D eigenvalue weighted by Gasteiger charge is -2.05. The van der Waals surface area contributed by atoms with Crippen LogP contribution in [0.3, 0.4) is 0 Å². The number of aromatic nitrogens is 4. The van der Waals surface area contributed by atoms with Crippen molar-refractivity contribution in [1.82, 2.24) is 20.2 Å². The maximum Gasteiger partial charge on any atom is 0.332 e. The van der Waals surface area contributed by atoms with Gasteiger partial charge in [0.25, 0.3) is 0 Å². The summed E-state index contributed by atoms with van der Waals surface area (Å²) in [6.45, 7) is 1.63. The summed E-state index contributed by atoms with van der Waals surface area (Å²) in [7, 11) is 1.32. The molecule has 60 valence electrons. The fourth-order valence-electron chi connectivity index (χ4n) is 0.617. The van der Waals surface area contributed by atoms with Crippen molar-refractivity contribution < 1.29 is 9.53 Å². The predicted molar refractivity (Wildman–Crippen MR) is 34.5 cm³/mol. The van der Waals surface area contributed by atoms with Crippen LogP contribution in [0.5, 0.6) is 0 Å². The highest BCUT2D eigenvalue weighted by Crippen LogP contribution is 2.00. The van der Waals surface area contributed by atoms with Gasteiger partial charge in [0.2, 0.25) is 0 Å². The standard InChI is InChI=1S/C5H8N4O2/c1-4(5(10)11-2)9-7-3-6-8-9/h3-4H,1-2H3. The van der Waals surface area contributed by atoms with E-state index in [0.29, 0.717) is 0 Å². The maximum absolute atomic E-state index is 10.9. The lowest BCUT2D eigenvalue weighted by molar-refractivity contribution is -0.144. The van der Waals surface area contributed by atoms with Crippen molar-refractivity contribution in [2.24, 2.45) is 0 Å². The molecule has 0 aliphatic rings. The molecule has 0 spiro atoms. The SMILES string of the molecule is COC(=O)C(C)n1ncnn1. The summed E-state index contributed by atoms with van der Waals surface area (Å²) >= 11 is 0. The van der Waals surface area contributed by atoms with E-state index >= 15 is 0 Å². The van der Waals surface area contributed by atoms with Crippen LogP contribution in [-0.4, -0.2) is 33.3 Å². The first-order chi connectivity index (χ1) is 5.25. The van der Waals surface area contributed by atoms with Gasteiger partial charge in [-0.25, -0.2) is 4.79 Å². The minimum Gasteiger partial charge on any atom is -0.467 e. The summed E-state index contributed by atoms with van der Waals surface area (Å²) in [5.74, 6) is -0.386. The predicted octanol–water partition coefficient (Wildman–Crippen LogP) is -0.593. The average Bonchev–Trinajstić information content (AvgIpc) is 2.53. The summed E-state index contributed by atoms with van der Waals surface area (Å²) in [5.41, 5.74) is 0. The van der Waals surface area contributed by atoms with Gasteiger partial charge in [-0.05, 0) is 12.1 Å². The van der Waals surface area contributed by atoms with Crippen LogP contribution in [-0.2, 0) is 9.53 Å². The number of hydrogen-bond donors (Lipinski definition) is 0. The summed E-state index contributed by atoms with van der Waals surface area (Å²) in [6.07, 6.45) is 1.26. The van der Waals surface area contributed by atoms with Crippen molar-refractivity contribution in [2.75, 3.05) is 7.11 Å². The lowest BCUT2D eigenvalue weighted by Crippen LogP contribution is -2.20. The molecule has 6 heteroatoms. The van der Waals surface area contributed by atoms with Gasteiger partial charge in [-0.3, -0.25) is 0 Å².